The lowest BCUT2D eigenvalue weighted by Crippen LogP contribution is -2.32. The van der Waals surface area contributed by atoms with Crippen molar-refractivity contribution < 1.29 is 0 Å². The van der Waals surface area contributed by atoms with Crippen LogP contribution in [0, 0.1) is 5.41 Å². The smallest absolute Gasteiger partial charge is 0.0933 e. The second-order valence-corrected chi connectivity index (χ2v) is 4.94. The molecule has 0 radical (unpaired) electrons. The average molecular weight is 267 g/mol. The number of rotatable bonds is 4. The van der Waals surface area contributed by atoms with Crippen LogP contribution in [0.3, 0.4) is 0 Å². The Balaban J connectivity index is 0.00000162. The van der Waals surface area contributed by atoms with E-state index in [1.165, 1.54) is 37.7 Å². The summed E-state index contributed by atoms with van der Waals surface area (Å²) in [4.78, 5) is 0. The molecule has 0 spiro atoms. The van der Waals surface area contributed by atoms with Gasteiger partial charge >= 0.3 is 0 Å². The topological polar surface area (TPSA) is 35.9 Å². The van der Waals surface area contributed by atoms with Gasteiger partial charge in [-0.05, 0) is 37.7 Å². The van der Waals surface area contributed by atoms with Gasteiger partial charge in [-0.1, -0.05) is 36.8 Å². The minimum absolute atomic E-state index is 0. The molecule has 2 nitrogen and oxygen atoms in total. The normalized spacial score (nSPS) is 19.6. The van der Waals surface area contributed by atoms with Crippen LogP contribution in [-0.4, -0.2) is 11.9 Å². The minimum atomic E-state index is 0. The van der Waals surface area contributed by atoms with Crippen LogP contribution in [0.25, 0.3) is 0 Å². The molecule has 1 aliphatic rings. The second-order valence-electron chi connectivity index (χ2n) is 4.94. The monoisotopic (exact) mass is 266 g/mol. The standard InChI is InChI=1S/C15H22N2.ClH/c16-15-12-5-4-10-14(17-15)11-6-9-13-7-2-1-3-8-13;/h1-3,7-8,14H,4-6,9-12H2,(H2,16,17);1H. The van der Waals surface area contributed by atoms with Crippen LogP contribution < -0.4 is 5.32 Å². The van der Waals surface area contributed by atoms with Gasteiger partial charge in [0.1, 0.15) is 0 Å². The van der Waals surface area contributed by atoms with E-state index < -0.39 is 0 Å². The number of hydrogen-bond donors (Lipinski definition) is 2. The zero-order chi connectivity index (χ0) is 11.9. The molecule has 2 N–H and O–H groups in total. The van der Waals surface area contributed by atoms with E-state index in [-0.39, 0.29) is 12.4 Å². The fourth-order valence-electron chi connectivity index (χ4n) is 2.50. The fraction of sp³-hybridized carbons (Fsp3) is 0.533. The van der Waals surface area contributed by atoms with Crippen LogP contribution in [-0.2, 0) is 6.42 Å². The lowest BCUT2D eigenvalue weighted by molar-refractivity contribution is 0.499. The summed E-state index contributed by atoms with van der Waals surface area (Å²) in [5.74, 6) is 0.743. The molecule has 0 amide bonds. The maximum atomic E-state index is 7.75. The maximum absolute atomic E-state index is 7.75. The summed E-state index contributed by atoms with van der Waals surface area (Å²) in [6.07, 6.45) is 8.19. The Kier molecular flexibility index (Phi) is 6.81. The number of benzene rings is 1. The van der Waals surface area contributed by atoms with Gasteiger partial charge < -0.3 is 5.32 Å². The molecule has 2 rings (SSSR count). The number of hydrogen-bond acceptors (Lipinski definition) is 1. The molecule has 1 aromatic carbocycles. The Bertz CT molecular complexity index is 351. The van der Waals surface area contributed by atoms with Crippen molar-refractivity contribution in [2.24, 2.45) is 0 Å². The van der Waals surface area contributed by atoms with Gasteiger partial charge in [0, 0.05) is 12.5 Å². The van der Waals surface area contributed by atoms with Crippen molar-refractivity contribution in [3.63, 3.8) is 0 Å². The zero-order valence-corrected chi connectivity index (χ0v) is 11.6. The first kappa shape index (κ1) is 15.0. The molecular formula is C15H23ClN2. The van der Waals surface area contributed by atoms with Gasteiger partial charge in [-0.15, -0.1) is 12.4 Å². The van der Waals surface area contributed by atoms with Gasteiger partial charge in [0.05, 0.1) is 5.84 Å². The van der Waals surface area contributed by atoms with Crippen molar-refractivity contribution in [3.8, 4) is 0 Å². The molecule has 1 unspecified atom stereocenters. The van der Waals surface area contributed by atoms with Crippen molar-refractivity contribution in [1.82, 2.24) is 5.32 Å². The maximum Gasteiger partial charge on any atom is 0.0933 e. The minimum Gasteiger partial charge on any atom is -0.371 e. The first-order valence-electron chi connectivity index (χ1n) is 6.72. The van der Waals surface area contributed by atoms with Crippen molar-refractivity contribution in [2.45, 2.75) is 51.0 Å². The Morgan fingerprint density at radius 1 is 1.17 bits per heavy atom. The average Bonchev–Trinajstić information content (AvgIpc) is 2.55. The Morgan fingerprint density at radius 2 is 1.94 bits per heavy atom. The molecule has 1 fully saturated rings. The molecular weight excluding hydrogens is 244 g/mol. The third-order valence-corrected chi connectivity index (χ3v) is 3.47. The van der Waals surface area contributed by atoms with Crippen LogP contribution in [0.5, 0.6) is 0 Å². The number of halogens is 1. The molecule has 1 aliphatic heterocycles. The van der Waals surface area contributed by atoms with Crippen molar-refractivity contribution in [1.29, 1.82) is 5.41 Å². The molecule has 1 heterocycles. The molecule has 0 aliphatic carbocycles. The van der Waals surface area contributed by atoms with E-state index in [9.17, 15) is 0 Å². The summed E-state index contributed by atoms with van der Waals surface area (Å²) in [6, 6.07) is 11.2. The van der Waals surface area contributed by atoms with Gasteiger partial charge in [0.25, 0.3) is 0 Å². The summed E-state index contributed by atoms with van der Waals surface area (Å²) in [5.41, 5.74) is 1.43. The SMILES string of the molecule is Cl.N=C1CCCCC(CCCc2ccccc2)N1. The highest BCUT2D eigenvalue weighted by Crippen LogP contribution is 2.14. The largest absolute Gasteiger partial charge is 0.371 e. The van der Waals surface area contributed by atoms with E-state index in [0.29, 0.717) is 6.04 Å². The van der Waals surface area contributed by atoms with Crippen LogP contribution >= 0.6 is 12.4 Å². The summed E-state index contributed by atoms with van der Waals surface area (Å²) in [5, 5.41) is 11.1. The highest BCUT2D eigenvalue weighted by atomic mass is 35.5. The van der Waals surface area contributed by atoms with Crippen LogP contribution in [0.2, 0.25) is 0 Å². The molecule has 0 saturated carbocycles. The molecule has 0 bridgehead atoms. The van der Waals surface area contributed by atoms with E-state index >= 15 is 0 Å². The molecule has 18 heavy (non-hydrogen) atoms. The highest BCUT2D eigenvalue weighted by Gasteiger charge is 2.13. The predicted octanol–water partition coefficient (Wildman–Crippen LogP) is 3.94. The number of nitrogens with one attached hydrogen (secondary N) is 2. The lowest BCUT2D eigenvalue weighted by Gasteiger charge is -2.16. The summed E-state index contributed by atoms with van der Waals surface area (Å²) < 4.78 is 0. The van der Waals surface area contributed by atoms with Gasteiger partial charge in [-0.2, -0.15) is 0 Å². The van der Waals surface area contributed by atoms with E-state index in [0.717, 1.165) is 18.7 Å². The van der Waals surface area contributed by atoms with Gasteiger partial charge in [-0.25, -0.2) is 0 Å². The van der Waals surface area contributed by atoms with E-state index in [1.807, 2.05) is 0 Å². The van der Waals surface area contributed by atoms with E-state index in [4.69, 9.17) is 5.41 Å². The lowest BCUT2D eigenvalue weighted by atomic mass is 10.0. The zero-order valence-electron chi connectivity index (χ0n) is 10.8. The highest BCUT2D eigenvalue weighted by molar-refractivity contribution is 5.85. The quantitative estimate of drug-likeness (QED) is 0.851. The van der Waals surface area contributed by atoms with Crippen LogP contribution in [0.4, 0.5) is 0 Å². The third kappa shape index (κ3) is 5.09. The molecule has 1 atom stereocenters. The van der Waals surface area contributed by atoms with Gasteiger partial charge in [0.15, 0.2) is 0 Å². The summed E-state index contributed by atoms with van der Waals surface area (Å²) >= 11 is 0. The Labute approximate surface area is 116 Å². The molecule has 1 saturated heterocycles. The van der Waals surface area contributed by atoms with Crippen LogP contribution in [0.1, 0.15) is 44.1 Å². The van der Waals surface area contributed by atoms with E-state index in [1.54, 1.807) is 0 Å². The number of aryl methyl sites for hydroxylation is 1. The Morgan fingerprint density at radius 3 is 2.72 bits per heavy atom. The fourth-order valence-corrected chi connectivity index (χ4v) is 2.50. The summed E-state index contributed by atoms with van der Waals surface area (Å²) in [7, 11) is 0. The molecule has 0 aromatic heterocycles. The van der Waals surface area contributed by atoms with Gasteiger partial charge in [-0.3, -0.25) is 5.41 Å². The third-order valence-electron chi connectivity index (χ3n) is 3.47. The van der Waals surface area contributed by atoms with Crippen molar-refractivity contribution in [2.75, 3.05) is 0 Å². The first-order valence-corrected chi connectivity index (χ1v) is 6.72. The first-order chi connectivity index (χ1) is 8.34. The Hall–Kier alpha value is -1.02. The number of amidine groups is 1. The van der Waals surface area contributed by atoms with Crippen LogP contribution in [0.15, 0.2) is 30.3 Å². The summed E-state index contributed by atoms with van der Waals surface area (Å²) in [6.45, 7) is 0. The predicted molar refractivity (Wildman–Crippen MR) is 79.7 cm³/mol. The van der Waals surface area contributed by atoms with E-state index in [2.05, 4.69) is 35.6 Å². The molecule has 1 aromatic rings. The second kappa shape index (κ2) is 8.15. The van der Waals surface area contributed by atoms with Crippen molar-refractivity contribution >= 4 is 18.2 Å². The van der Waals surface area contributed by atoms with Gasteiger partial charge in [0.2, 0.25) is 0 Å². The van der Waals surface area contributed by atoms with Crippen molar-refractivity contribution in [3.05, 3.63) is 35.9 Å². The molecule has 100 valence electrons. The molecule has 3 heteroatoms.